The Balaban J connectivity index is 1.60. The highest BCUT2D eigenvalue weighted by Crippen LogP contribution is 2.15. The topological polar surface area (TPSA) is 61.2 Å². The molecular weight excluding hydrogens is 376 g/mol. The number of esters is 1. The van der Waals surface area contributed by atoms with E-state index in [9.17, 15) is 9.59 Å². The number of hydrogen-bond acceptors (Lipinski definition) is 4. The summed E-state index contributed by atoms with van der Waals surface area (Å²) in [6.07, 6.45) is 0.449. The molecule has 0 bridgehead atoms. The molecule has 0 unspecified atom stereocenters. The highest BCUT2D eigenvalue weighted by Gasteiger charge is 2.14. The lowest BCUT2D eigenvalue weighted by Gasteiger charge is -2.14. The molecule has 1 aromatic heterocycles. The minimum atomic E-state index is -0.322. The van der Waals surface area contributed by atoms with Gasteiger partial charge in [0.25, 0.3) is 5.56 Å². The zero-order valence-corrected chi connectivity index (χ0v) is 16.7. The first kappa shape index (κ1) is 19.6. The molecule has 0 spiro atoms. The van der Waals surface area contributed by atoms with E-state index in [0.29, 0.717) is 23.1 Å². The summed E-state index contributed by atoms with van der Waals surface area (Å²) in [5.74, 6) is 0.218. The second-order valence-corrected chi connectivity index (χ2v) is 7.17. The van der Waals surface area contributed by atoms with Gasteiger partial charge in [-0.15, -0.1) is 0 Å². The third kappa shape index (κ3) is 4.30. The molecule has 0 amide bonds. The van der Waals surface area contributed by atoms with Gasteiger partial charge in [0.05, 0.1) is 23.0 Å². The number of fused-ring (bicyclic) bond motifs is 1. The van der Waals surface area contributed by atoms with Crippen LogP contribution in [0.5, 0.6) is 0 Å². The maximum atomic E-state index is 13.2. The molecule has 0 saturated carbocycles. The number of aryl methyl sites for hydroxylation is 2. The first-order chi connectivity index (χ1) is 14.6. The van der Waals surface area contributed by atoms with Crippen molar-refractivity contribution in [3.8, 4) is 5.69 Å². The molecule has 0 aliphatic carbocycles. The van der Waals surface area contributed by atoms with Crippen LogP contribution in [-0.4, -0.2) is 15.5 Å². The Bertz CT molecular complexity index is 1230. The van der Waals surface area contributed by atoms with Crippen LogP contribution in [0.15, 0.2) is 83.7 Å². The summed E-state index contributed by atoms with van der Waals surface area (Å²) in [7, 11) is 0. The first-order valence-electron chi connectivity index (χ1n) is 9.89. The number of carbonyl (C=O) groups excluding carboxylic acids is 1. The van der Waals surface area contributed by atoms with Gasteiger partial charge in [-0.1, -0.05) is 60.2 Å². The molecule has 3 aromatic carbocycles. The van der Waals surface area contributed by atoms with Crippen LogP contribution >= 0.6 is 0 Å². The number of rotatable bonds is 6. The molecule has 0 radical (unpaired) electrons. The summed E-state index contributed by atoms with van der Waals surface area (Å²) < 4.78 is 6.96. The van der Waals surface area contributed by atoms with Crippen molar-refractivity contribution < 1.29 is 9.53 Å². The minimum Gasteiger partial charge on any atom is -0.461 e. The number of carbonyl (C=O) groups is 1. The third-order valence-corrected chi connectivity index (χ3v) is 4.93. The van der Waals surface area contributed by atoms with Crippen molar-refractivity contribution in [2.45, 2.75) is 26.4 Å². The third-order valence-electron chi connectivity index (χ3n) is 4.93. The maximum absolute atomic E-state index is 13.2. The van der Waals surface area contributed by atoms with E-state index in [1.807, 2.05) is 79.7 Å². The minimum absolute atomic E-state index is 0.142. The normalized spacial score (nSPS) is 10.8. The molecule has 5 heteroatoms. The van der Waals surface area contributed by atoms with Gasteiger partial charge in [-0.3, -0.25) is 14.2 Å². The molecule has 30 heavy (non-hydrogen) atoms. The second-order valence-electron chi connectivity index (χ2n) is 7.17. The van der Waals surface area contributed by atoms with Crippen molar-refractivity contribution in [1.82, 2.24) is 9.55 Å². The molecular formula is C25H22N2O3. The van der Waals surface area contributed by atoms with Gasteiger partial charge in [-0.05, 0) is 36.8 Å². The van der Waals surface area contributed by atoms with Gasteiger partial charge in [0.15, 0.2) is 0 Å². The Morgan fingerprint density at radius 2 is 1.63 bits per heavy atom. The average molecular weight is 398 g/mol. The van der Waals surface area contributed by atoms with Gasteiger partial charge in [-0.2, -0.15) is 0 Å². The van der Waals surface area contributed by atoms with E-state index >= 15 is 0 Å². The molecule has 1 heterocycles. The summed E-state index contributed by atoms with van der Waals surface area (Å²) in [4.78, 5) is 30.2. The lowest BCUT2D eigenvalue weighted by molar-refractivity contribution is -0.144. The molecule has 0 atom stereocenters. The monoisotopic (exact) mass is 398 g/mol. The van der Waals surface area contributed by atoms with Crippen molar-refractivity contribution in [3.63, 3.8) is 0 Å². The summed E-state index contributed by atoms with van der Waals surface area (Å²) in [6.45, 7) is 2.23. The van der Waals surface area contributed by atoms with Crippen molar-refractivity contribution in [1.29, 1.82) is 0 Å². The molecule has 0 fully saturated rings. The first-order valence-corrected chi connectivity index (χ1v) is 9.89. The summed E-state index contributed by atoms with van der Waals surface area (Å²) in [5, 5.41) is 0.550. The van der Waals surface area contributed by atoms with Crippen LogP contribution in [0, 0.1) is 6.92 Å². The van der Waals surface area contributed by atoms with E-state index in [0.717, 1.165) is 16.8 Å². The molecule has 4 aromatic rings. The van der Waals surface area contributed by atoms with Crippen molar-refractivity contribution in [2.75, 3.05) is 0 Å². The second kappa shape index (κ2) is 8.74. The molecule has 150 valence electrons. The molecule has 0 aliphatic heterocycles. The highest BCUT2D eigenvalue weighted by molar-refractivity contribution is 5.78. The number of para-hydroxylation sites is 1. The van der Waals surface area contributed by atoms with Crippen LogP contribution in [0.1, 0.15) is 23.4 Å². The van der Waals surface area contributed by atoms with Crippen LogP contribution in [0.2, 0.25) is 0 Å². The largest absolute Gasteiger partial charge is 0.461 e. The quantitative estimate of drug-likeness (QED) is 0.453. The van der Waals surface area contributed by atoms with Crippen LogP contribution < -0.4 is 5.56 Å². The fraction of sp³-hybridized carbons (Fsp3) is 0.160. The van der Waals surface area contributed by atoms with Crippen LogP contribution in [-0.2, 0) is 22.6 Å². The van der Waals surface area contributed by atoms with E-state index in [4.69, 9.17) is 4.74 Å². The SMILES string of the molecule is Cc1ccc(-n2c(CCC(=O)OCc3ccccc3)nc3ccccc3c2=O)cc1. The molecule has 0 N–H and O–H groups in total. The van der Waals surface area contributed by atoms with E-state index in [1.165, 1.54) is 0 Å². The predicted molar refractivity (Wildman–Crippen MR) is 117 cm³/mol. The zero-order valence-electron chi connectivity index (χ0n) is 16.7. The molecule has 0 saturated heterocycles. The number of ether oxygens (including phenoxy) is 1. The van der Waals surface area contributed by atoms with Gasteiger partial charge in [-0.25, -0.2) is 4.98 Å². The van der Waals surface area contributed by atoms with Crippen LogP contribution in [0.25, 0.3) is 16.6 Å². The summed E-state index contributed by atoms with van der Waals surface area (Å²) >= 11 is 0. The van der Waals surface area contributed by atoms with Gasteiger partial charge in [0.2, 0.25) is 0 Å². The van der Waals surface area contributed by atoms with E-state index < -0.39 is 0 Å². The molecule has 5 nitrogen and oxygen atoms in total. The lowest BCUT2D eigenvalue weighted by Crippen LogP contribution is -2.24. The van der Waals surface area contributed by atoms with Gasteiger partial charge in [0.1, 0.15) is 12.4 Å². The van der Waals surface area contributed by atoms with Gasteiger partial charge < -0.3 is 4.74 Å². The standard InChI is InChI=1S/C25H22N2O3/c1-18-11-13-20(14-12-18)27-23(26-22-10-6-5-9-21(22)25(27)29)15-16-24(28)30-17-19-7-3-2-4-8-19/h2-14H,15-17H2,1H3. The number of benzene rings is 3. The smallest absolute Gasteiger partial charge is 0.306 e. The highest BCUT2D eigenvalue weighted by atomic mass is 16.5. The lowest BCUT2D eigenvalue weighted by atomic mass is 10.2. The van der Waals surface area contributed by atoms with Crippen LogP contribution in [0.4, 0.5) is 0 Å². The Hall–Kier alpha value is -3.73. The zero-order chi connectivity index (χ0) is 20.9. The van der Waals surface area contributed by atoms with E-state index in [2.05, 4.69) is 4.98 Å². The van der Waals surface area contributed by atoms with Crippen molar-refractivity contribution in [2.24, 2.45) is 0 Å². The fourth-order valence-electron chi connectivity index (χ4n) is 3.33. The molecule has 4 rings (SSSR count). The fourth-order valence-corrected chi connectivity index (χ4v) is 3.33. The van der Waals surface area contributed by atoms with Gasteiger partial charge in [0, 0.05) is 6.42 Å². The average Bonchev–Trinajstić information content (AvgIpc) is 2.78. The van der Waals surface area contributed by atoms with E-state index in [1.54, 1.807) is 10.6 Å². The summed E-state index contributed by atoms with van der Waals surface area (Å²) in [5.41, 5.74) is 3.25. The Morgan fingerprint density at radius 1 is 0.933 bits per heavy atom. The Labute approximate surface area is 174 Å². The van der Waals surface area contributed by atoms with E-state index in [-0.39, 0.29) is 24.6 Å². The Kier molecular flexibility index (Phi) is 5.70. The number of nitrogens with zero attached hydrogens (tertiary/aromatic N) is 2. The predicted octanol–water partition coefficient (Wildman–Crippen LogP) is 4.37. The number of aromatic nitrogens is 2. The summed E-state index contributed by atoms with van der Waals surface area (Å²) in [6, 6.07) is 24.5. The van der Waals surface area contributed by atoms with Crippen molar-refractivity contribution >= 4 is 16.9 Å². The van der Waals surface area contributed by atoms with Gasteiger partial charge >= 0.3 is 5.97 Å². The number of hydrogen-bond donors (Lipinski definition) is 0. The van der Waals surface area contributed by atoms with Crippen molar-refractivity contribution in [3.05, 3.63) is 106 Å². The Morgan fingerprint density at radius 3 is 2.40 bits per heavy atom. The van der Waals surface area contributed by atoms with Crippen LogP contribution in [0.3, 0.4) is 0 Å². The maximum Gasteiger partial charge on any atom is 0.306 e. The molecule has 0 aliphatic rings.